The Balaban J connectivity index is 1.88. The summed E-state index contributed by atoms with van der Waals surface area (Å²) in [6.45, 7) is 2.28. The summed E-state index contributed by atoms with van der Waals surface area (Å²) < 4.78 is 0.603. The van der Waals surface area contributed by atoms with Crippen LogP contribution in [0.2, 0.25) is 0 Å². The predicted octanol–water partition coefficient (Wildman–Crippen LogP) is 7.26. The lowest BCUT2D eigenvalue weighted by Crippen LogP contribution is -1.97. The summed E-state index contributed by atoms with van der Waals surface area (Å²) in [6, 6.07) is 21.6. The van der Waals surface area contributed by atoms with Crippen molar-refractivity contribution in [2.24, 2.45) is 0 Å². The number of benzene rings is 2. The number of unbranched alkanes of at least 4 members (excludes halogenated alkanes) is 4. The van der Waals surface area contributed by atoms with E-state index in [1.807, 2.05) is 23.5 Å². The largest absolute Gasteiger partial charge is 0.111 e. The van der Waals surface area contributed by atoms with Crippen LogP contribution in [0.3, 0.4) is 0 Å². The van der Waals surface area contributed by atoms with Crippen LogP contribution >= 0.6 is 23.5 Å². The van der Waals surface area contributed by atoms with E-state index in [2.05, 4.69) is 67.6 Å². The highest BCUT2D eigenvalue weighted by Gasteiger charge is 2.12. The topological polar surface area (TPSA) is 0 Å². The summed E-state index contributed by atoms with van der Waals surface area (Å²) in [7, 11) is 0. The van der Waals surface area contributed by atoms with Crippen molar-refractivity contribution in [3.8, 4) is 0 Å². The second-order valence-electron chi connectivity index (χ2n) is 5.49. The van der Waals surface area contributed by atoms with Crippen LogP contribution in [-0.2, 0) is 0 Å². The highest BCUT2D eigenvalue weighted by Crippen LogP contribution is 2.38. The van der Waals surface area contributed by atoms with Gasteiger partial charge in [-0.1, -0.05) is 75.4 Å². The zero-order valence-corrected chi connectivity index (χ0v) is 15.0. The van der Waals surface area contributed by atoms with Crippen LogP contribution in [0.1, 0.15) is 45.4 Å². The van der Waals surface area contributed by atoms with E-state index in [0.29, 0.717) is 4.58 Å². The molecular formula is C20H26S2. The zero-order valence-electron chi connectivity index (χ0n) is 13.4. The third kappa shape index (κ3) is 6.93. The first-order valence-corrected chi connectivity index (χ1v) is 10.1. The van der Waals surface area contributed by atoms with Gasteiger partial charge in [0.1, 0.15) is 0 Å². The minimum absolute atomic E-state index is 0.603. The first kappa shape index (κ1) is 17.5. The maximum absolute atomic E-state index is 2.28. The normalized spacial score (nSPS) is 11.0. The standard InChI is InChI=1S/C20H26S2/c1-2-3-4-5-12-17-20(21-18-13-8-6-9-14-18)22-19-15-10-7-11-16-19/h6-11,13-16,20H,2-5,12,17H2,1H3. The molecule has 0 fully saturated rings. The van der Waals surface area contributed by atoms with Crippen LogP contribution in [0.4, 0.5) is 0 Å². The molecule has 0 saturated carbocycles. The maximum atomic E-state index is 2.28. The van der Waals surface area contributed by atoms with E-state index in [0.717, 1.165) is 0 Å². The van der Waals surface area contributed by atoms with Crippen LogP contribution < -0.4 is 0 Å². The average molecular weight is 331 g/mol. The van der Waals surface area contributed by atoms with Gasteiger partial charge in [0, 0.05) is 9.79 Å². The molecule has 2 rings (SSSR count). The summed E-state index contributed by atoms with van der Waals surface area (Å²) >= 11 is 4.02. The fourth-order valence-electron chi connectivity index (χ4n) is 2.36. The lowest BCUT2D eigenvalue weighted by atomic mass is 10.1. The van der Waals surface area contributed by atoms with Gasteiger partial charge in [0.25, 0.3) is 0 Å². The molecule has 0 aliphatic rings. The van der Waals surface area contributed by atoms with E-state index in [4.69, 9.17) is 0 Å². The van der Waals surface area contributed by atoms with Gasteiger partial charge in [0.15, 0.2) is 0 Å². The molecule has 0 atom stereocenters. The molecule has 0 aliphatic heterocycles. The summed E-state index contributed by atoms with van der Waals surface area (Å²) in [5, 5.41) is 0. The van der Waals surface area contributed by atoms with Crippen molar-refractivity contribution < 1.29 is 0 Å². The molecular weight excluding hydrogens is 304 g/mol. The number of rotatable bonds is 10. The van der Waals surface area contributed by atoms with E-state index < -0.39 is 0 Å². The van der Waals surface area contributed by atoms with Gasteiger partial charge in [-0.2, -0.15) is 0 Å². The Bertz CT molecular complexity index is 454. The quantitative estimate of drug-likeness (QED) is 0.255. The SMILES string of the molecule is CCCCCCCC(Sc1ccccc1)Sc1ccccc1. The van der Waals surface area contributed by atoms with Gasteiger partial charge in [-0.3, -0.25) is 0 Å². The molecule has 0 amide bonds. The Morgan fingerprint density at radius 1 is 0.682 bits per heavy atom. The van der Waals surface area contributed by atoms with Crippen LogP contribution in [-0.4, -0.2) is 4.58 Å². The highest BCUT2D eigenvalue weighted by atomic mass is 32.2. The molecule has 118 valence electrons. The van der Waals surface area contributed by atoms with E-state index in [9.17, 15) is 0 Å². The predicted molar refractivity (Wildman–Crippen MR) is 102 cm³/mol. The Morgan fingerprint density at radius 3 is 1.68 bits per heavy atom. The molecule has 0 nitrogen and oxygen atoms in total. The molecule has 2 aromatic rings. The van der Waals surface area contributed by atoms with Crippen molar-refractivity contribution >= 4 is 23.5 Å². The van der Waals surface area contributed by atoms with Crippen molar-refractivity contribution in [3.05, 3.63) is 60.7 Å². The van der Waals surface area contributed by atoms with Gasteiger partial charge in [0.2, 0.25) is 0 Å². The highest BCUT2D eigenvalue weighted by molar-refractivity contribution is 8.17. The number of hydrogen-bond acceptors (Lipinski definition) is 2. The zero-order chi connectivity index (χ0) is 15.5. The van der Waals surface area contributed by atoms with Gasteiger partial charge in [-0.25, -0.2) is 0 Å². The minimum atomic E-state index is 0.603. The molecule has 0 spiro atoms. The van der Waals surface area contributed by atoms with Crippen LogP contribution in [0.15, 0.2) is 70.5 Å². The third-order valence-corrected chi connectivity index (χ3v) is 6.23. The van der Waals surface area contributed by atoms with Gasteiger partial charge >= 0.3 is 0 Å². The fourth-order valence-corrected chi connectivity index (χ4v) is 5.02. The molecule has 0 heterocycles. The molecule has 0 saturated heterocycles. The van der Waals surface area contributed by atoms with Crippen molar-refractivity contribution in [1.29, 1.82) is 0 Å². The van der Waals surface area contributed by atoms with Crippen LogP contribution in [0, 0.1) is 0 Å². The molecule has 0 N–H and O–H groups in total. The second kappa shape index (κ2) is 10.8. The van der Waals surface area contributed by atoms with E-state index in [-0.39, 0.29) is 0 Å². The van der Waals surface area contributed by atoms with E-state index in [1.165, 1.54) is 48.3 Å². The van der Waals surface area contributed by atoms with Crippen molar-refractivity contribution in [1.82, 2.24) is 0 Å². The smallest absolute Gasteiger partial charge is 0.0596 e. The fraction of sp³-hybridized carbons (Fsp3) is 0.400. The maximum Gasteiger partial charge on any atom is 0.0596 e. The first-order chi connectivity index (χ1) is 10.9. The molecule has 22 heavy (non-hydrogen) atoms. The van der Waals surface area contributed by atoms with Gasteiger partial charge in [-0.15, -0.1) is 23.5 Å². The number of hydrogen-bond donors (Lipinski definition) is 0. The van der Waals surface area contributed by atoms with Gasteiger partial charge in [-0.05, 0) is 30.7 Å². The van der Waals surface area contributed by atoms with E-state index in [1.54, 1.807) is 0 Å². The van der Waals surface area contributed by atoms with Crippen LogP contribution in [0.5, 0.6) is 0 Å². The molecule has 2 heteroatoms. The minimum Gasteiger partial charge on any atom is -0.111 e. The molecule has 0 radical (unpaired) electrons. The summed E-state index contributed by atoms with van der Waals surface area (Å²) in [5.74, 6) is 0. The molecule has 0 aromatic heterocycles. The van der Waals surface area contributed by atoms with Crippen molar-refractivity contribution in [2.75, 3.05) is 0 Å². The monoisotopic (exact) mass is 330 g/mol. The number of thioether (sulfide) groups is 2. The van der Waals surface area contributed by atoms with Crippen molar-refractivity contribution in [3.63, 3.8) is 0 Å². The first-order valence-electron chi connectivity index (χ1n) is 8.32. The molecule has 2 aromatic carbocycles. The van der Waals surface area contributed by atoms with Crippen LogP contribution in [0.25, 0.3) is 0 Å². The second-order valence-corrected chi connectivity index (χ2v) is 8.34. The Labute approximate surface area is 144 Å². The van der Waals surface area contributed by atoms with E-state index >= 15 is 0 Å². The Hall–Kier alpha value is -0.860. The molecule has 0 bridgehead atoms. The van der Waals surface area contributed by atoms with Crippen molar-refractivity contribution in [2.45, 2.75) is 59.8 Å². The summed E-state index contributed by atoms with van der Waals surface area (Å²) in [4.78, 5) is 2.76. The molecule has 0 aliphatic carbocycles. The summed E-state index contributed by atoms with van der Waals surface area (Å²) in [5.41, 5.74) is 0. The third-order valence-electron chi connectivity index (χ3n) is 3.56. The average Bonchev–Trinajstić information content (AvgIpc) is 2.56. The molecule has 0 unspecified atom stereocenters. The van der Waals surface area contributed by atoms with Gasteiger partial charge < -0.3 is 0 Å². The lowest BCUT2D eigenvalue weighted by molar-refractivity contribution is 0.622. The van der Waals surface area contributed by atoms with Gasteiger partial charge in [0.05, 0.1) is 4.58 Å². The Kier molecular flexibility index (Phi) is 8.59. The lowest BCUT2D eigenvalue weighted by Gasteiger charge is -2.16. The summed E-state index contributed by atoms with van der Waals surface area (Å²) in [6.07, 6.45) is 8.07. The Morgan fingerprint density at radius 2 is 1.18 bits per heavy atom.